The molecule has 0 aliphatic carbocycles. The number of nitrogens with zero attached hydrogens (tertiary/aromatic N) is 3. The molecule has 0 saturated heterocycles. The molecular weight excluding hydrogens is 368 g/mol. The summed E-state index contributed by atoms with van der Waals surface area (Å²) in [5, 5.41) is 3.47. The first kappa shape index (κ1) is 19.7. The summed E-state index contributed by atoms with van der Waals surface area (Å²) in [6, 6.07) is 0.878. The van der Waals surface area contributed by atoms with Crippen molar-refractivity contribution in [1.82, 2.24) is 19.9 Å². The Morgan fingerprint density at radius 1 is 1.29 bits per heavy atom. The fourth-order valence-electron chi connectivity index (χ4n) is 2.75. The van der Waals surface area contributed by atoms with E-state index in [4.69, 9.17) is 4.74 Å². The van der Waals surface area contributed by atoms with Gasteiger partial charge in [0, 0.05) is 23.2 Å². The first-order chi connectivity index (χ1) is 13.2. The number of pyridine rings is 1. The molecule has 0 bridgehead atoms. The van der Waals surface area contributed by atoms with Crippen LogP contribution < -0.4 is 5.32 Å². The van der Waals surface area contributed by atoms with Gasteiger partial charge in [-0.25, -0.2) is 23.7 Å². The van der Waals surface area contributed by atoms with Crippen LogP contribution in [-0.2, 0) is 9.53 Å². The average molecular weight is 389 g/mol. The summed E-state index contributed by atoms with van der Waals surface area (Å²) in [7, 11) is 1.30. The Morgan fingerprint density at radius 2 is 2.04 bits per heavy atom. The number of H-pyrrole nitrogens is 1. The Bertz CT molecular complexity index is 1010. The van der Waals surface area contributed by atoms with Gasteiger partial charge in [0.15, 0.2) is 17.5 Å². The van der Waals surface area contributed by atoms with E-state index in [2.05, 4.69) is 25.3 Å². The number of ether oxygens (including phenoxy) is 1. The zero-order valence-electron chi connectivity index (χ0n) is 16.0. The van der Waals surface area contributed by atoms with E-state index in [1.165, 1.54) is 13.2 Å². The monoisotopic (exact) mass is 389 g/mol. The smallest absolute Gasteiger partial charge is 0.307 e. The molecule has 3 aromatic heterocycles. The van der Waals surface area contributed by atoms with Gasteiger partial charge in [-0.2, -0.15) is 0 Å². The second-order valence-electron chi connectivity index (χ2n) is 7.49. The Hall–Kier alpha value is -3.10. The van der Waals surface area contributed by atoms with E-state index in [9.17, 15) is 13.6 Å². The molecule has 0 spiro atoms. The Kier molecular flexibility index (Phi) is 5.26. The maximum Gasteiger partial charge on any atom is 0.307 e. The van der Waals surface area contributed by atoms with E-state index in [1.54, 1.807) is 6.20 Å². The highest BCUT2D eigenvalue weighted by Gasteiger charge is 2.29. The van der Waals surface area contributed by atoms with Crippen molar-refractivity contribution < 1.29 is 18.3 Å². The van der Waals surface area contributed by atoms with Gasteiger partial charge >= 0.3 is 5.97 Å². The third-order valence-corrected chi connectivity index (χ3v) is 4.44. The molecule has 3 heterocycles. The summed E-state index contributed by atoms with van der Waals surface area (Å²) in [6.07, 6.45) is 3.76. The number of hydrogen-bond donors (Lipinski definition) is 2. The molecule has 0 aliphatic heterocycles. The van der Waals surface area contributed by atoms with Gasteiger partial charge in [0.05, 0.1) is 25.9 Å². The molecular formula is C19H21F2N5O2. The molecule has 7 nitrogen and oxygen atoms in total. The van der Waals surface area contributed by atoms with Gasteiger partial charge in [-0.05, 0) is 11.5 Å². The summed E-state index contributed by atoms with van der Waals surface area (Å²) >= 11 is 0. The van der Waals surface area contributed by atoms with E-state index in [0.717, 1.165) is 12.4 Å². The number of methoxy groups -OCH3 is 1. The second-order valence-corrected chi connectivity index (χ2v) is 7.49. The quantitative estimate of drug-likeness (QED) is 0.647. The molecule has 0 aliphatic rings. The largest absolute Gasteiger partial charge is 0.469 e. The molecule has 1 unspecified atom stereocenters. The maximum atomic E-state index is 14.4. The molecule has 0 aromatic carbocycles. The highest BCUT2D eigenvalue weighted by atomic mass is 19.1. The zero-order valence-corrected chi connectivity index (χ0v) is 16.0. The van der Waals surface area contributed by atoms with Gasteiger partial charge in [-0.15, -0.1) is 0 Å². The molecule has 1 atom stereocenters. The van der Waals surface area contributed by atoms with Gasteiger partial charge in [-0.3, -0.25) is 4.79 Å². The van der Waals surface area contributed by atoms with Crippen molar-refractivity contribution in [2.45, 2.75) is 33.2 Å². The van der Waals surface area contributed by atoms with Crippen molar-refractivity contribution in [2.75, 3.05) is 12.4 Å². The van der Waals surface area contributed by atoms with Gasteiger partial charge in [-0.1, -0.05) is 20.8 Å². The van der Waals surface area contributed by atoms with Crippen molar-refractivity contribution in [3.63, 3.8) is 0 Å². The number of esters is 1. The number of carbonyl (C=O) groups is 1. The Labute approximate surface area is 160 Å². The molecule has 0 fully saturated rings. The van der Waals surface area contributed by atoms with Crippen LogP contribution >= 0.6 is 0 Å². The van der Waals surface area contributed by atoms with Gasteiger partial charge in [0.2, 0.25) is 0 Å². The van der Waals surface area contributed by atoms with Crippen LogP contribution in [0.2, 0.25) is 0 Å². The molecule has 0 saturated carbocycles. The van der Waals surface area contributed by atoms with Gasteiger partial charge in [0.1, 0.15) is 11.5 Å². The van der Waals surface area contributed by atoms with Crippen LogP contribution in [0.5, 0.6) is 0 Å². The van der Waals surface area contributed by atoms with Crippen LogP contribution in [0.25, 0.3) is 22.4 Å². The SMILES string of the molecule is COC(=O)CC(Nc1nc(-c2c[nH]c3ncc(F)cc23)ncc1F)C(C)(C)C. The van der Waals surface area contributed by atoms with Crippen molar-refractivity contribution in [2.24, 2.45) is 5.41 Å². The molecule has 3 rings (SSSR count). The van der Waals surface area contributed by atoms with Crippen LogP contribution in [0.4, 0.5) is 14.6 Å². The average Bonchev–Trinajstić information content (AvgIpc) is 3.04. The fraction of sp³-hybridized carbons (Fsp3) is 0.368. The van der Waals surface area contributed by atoms with Crippen molar-refractivity contribution >= 4 is 22.8 Å². The third-order valence-electron chi connectivity index (χ3n) is 4.44. The number of anilines is 1. The lowest BCUT2D eigenvalue weighted by Gasteiger charge is -2.31. The van der Waals surface area contributed by atoms with Gasteiger partial charge in [0.25, 0.3) is 0 Å². The summed E-state index contributed by atoms with van der Waals surface area (Å²) in [5.41, 5.74) is 0.585. The lowest BCUT2D eigenvalue weighted by Crippen LogP contribution is -2.37. The highest BCUT2D eigenvalue weighted by molar-refractivity contribution is 5.91. The minimum atomic E-state index is -0.660. The number of carbonyl (C=O) groups excluding carboxylic acids is 1. The molecule has 0 amide bonds. The lowest BCUT2D eigenvalue weighted by atomic mass is 9.84. The molecule has 148 valence electrons. The number of hydrogen-bond acceptors (Lipinski definition) is 6. The highest BCUT2D eigenvalue weighted by Crippen LogP contribution is 2.29. The molecule has 2 N–H and O–H groups in total. The number of halogens is 2. The summed E-state index contributed by atoms with van der Waals surface area (Å²) in [6.45, 7) is 5.76. The van der Waals surface area contributed by atoms with Crippen molar-refractivity contribution in [3.05, 3.63) is 36.3 Å². The summed E-state index contributed by atoms with van der Waals surface area (Å²) in [4.78, 5) is 26.9. The minimum absolute atomic E-state index is 0.0427. The first-order valence-corrected chi connectivity index (χ1v) is 8.68. The number of fused-ring (bicyclic) bond motifs is 1. The normalized spacial score (nSPS) is 12.8. The minimum Gasteiger partial charge on any atom is -0.469 e. The summed E-state index contributed by atoms with van der Waals surface area (Å²) in [5.74, 6) is -1.42. The van der Waals surface area contributed by atoms with Gasteiger partial charge < -0.3 is 15.0 Å². The Morgan fingerprint density at radius 3 is 2.71 bits per heavy atom. The number of aromatic nitrogens is 4. The van der Waals surface area contributed by atoms with Crippen LogP contribution in [0, 0.1) is 17.0 Å². The predicted octanol–water partition coefficient (Wildman–Crippen LogP) is 3.69. The van der Waals surface area contributed by atoms with Crippen molar-refractivity contribution in [3.8, 4) is 11.4 Å². The van der Waals surface area contributed by atoms with Crippen LogP contribution in [0.1, 0.15) is 27.2 Å². The van der Waals surface area contributed by atoms with Crippen LogP contribution in [-0.4, -0.2) is 39.1 Å². The van der Waals surface area contributed by atoms with E-state index in [-0.39, 0.29) is 23.5 Å². The van der Waals surface area contributed by atoms with E-state index in [0.29, 0.717) is 16.6 Å². The van der Waals surface area contributed by atoms with E-state index in [1.807, 2.05) is 20.8 Å². The molecule has 3 aromatic rings. The number of nitrogens with one attached hydrogen (secondary N) is 2. The molecule has 9 heteroatoms. The number of aromatic amines is 1. The van der Waals surface area contributed by atoms with E-state index >= 15 is 0 Å². The summed E-state index contributed by atoms with van der Waals surface area (Å²) < 4.78 is 32.7. The standard InChI is InChI=1S/C19H21F2N5O2/c1-19(2,3)14(6-15(27)28-4)25-18-13(21)9-24-17(26-18)12-8-23-16-11(12)5-10(20)7-22-16/h5,7-9,14H,6H2,1-4H3,(H,22,23)(H,24,25,26). The van der Waals surface area contributed by atoms with Crippen molar-refractivity contribution in [1.29, 1.82) is 0 Å². The Balaban J connectivity index is 1.98. The first-order valence-electron chi connectivity index (χ1n) is 8.68. The number of rotatable bonds is 5. The lowest BCUT2D eigenvalue weighted by molar-refractivity contribution is -0.141. The molecule has 0 radical (unpaired) electrons. The fourth-order valence-corrected chi connectivity index (χ4v) is 2.75. The topological polar surface area (TPSA) is 92.8 Å². The predicted molar refractivity (Wildman–Crippen MR) is 101 cm³/mol. The second kappa shape index (κ2) is 7.49. The zero-order chi connectivity index (χ0) is 20.5. The van der Waals surface area contributed by atoms with Crippen LogP contribution in [0.3, 0.4) is 0 Å². The van der Waals surface area contributed by atoms with E-state index < -0.39 is 23.6 Å². The maximum absolute atomic E-state index is 14.4. The molecule has 28 heavy (non-hydrogen) atoms. The third kappa shape index (κ3) is 4.08. The van der Waals surface area contributed by atoms with Crippen LogP contribution in [0.15, 0.2) is 24.7 Å².